The third-order valence-corrected chi connectivity index (χ3v) is 3.36. The highest BCUT2D eigenvalue weighted by Crippen LogP contribution is 2.23. The fraction of sp³-hybridized carbons (Fsp3) is 0.316. The Labute approximate surface area is 143 Å². The third-order valence-electron chi connectivity index (χ3n) is 3.36. The molecule has 0 bridgehead atoms. The standard InChI is InChI=1S/C19H24N2O3/c1-3-23-12-13-24-18-7-5-4-6-17(18)21-19(22)14-20-16-10-8-15(2)9-11-16/h4-11,20H,3,12-14H2,1-2H3,(H,21,22). The van der Waals surface area contributed by atoms with E-state index in [-0.39, 0.29) is 12.5 Å². The fourth-order valence-corrected chi connectivity index (χ4v) is 2.10. The van der Waals surface area contributed by atoms with Crippen LogP contribution in [0.15, 0.2) is 48.5 Å². The van der Waals surface area contributed by atoms with Gasteiger partial charge in [-0.05, 0) is 38.1 Å². The summed E-state index contributed by atoms with van der Waals surface area (Å²) in [5, 5.41) is 5.96. The number of amides is 1. The molecule has 1 amide bonds. The molecule has 2 rings (SSSR count). The monoisotopic (exact) mass is 328 g/mol. The number of aryl methyl sites for hydroxylation is 1. The summed E-state index contributed by atoms with van der Waals surface area (Å²) in [4.78, 5) is 12.1. The van der Waals surface area contributed by atoms with Gasteiger partial charge in [-0.25, -0.2) is 0 Å². The molecule has 0 heterocycles. The van der Waals surface area contributed by atoms with Crippen LogP contribution in [0.2, 0.25) is 0 Å². The Kier molecular flexibility index (Phi) is 7.11. The minimum Gasteiger partial charge on any atom is -0.489 e. The molecule has 0 saturated heterocycles. The summed E-state index contributed by atoms with van der Waals surface area (Å²) in [5.41, 5.74) is 2.75. The molecule has 2 aromatic carbocycles. The lowest BCUT2D eigenvalue weighted by Crippen LogP contribution is -2.22. The summed E-state index contributed by atoms with van der Waals surface area (Å²) in [5.74, 6) is 0.511. The van der Waals surface area contributed by atoms with E-state index < -0.39 is 0 Å². The highest BCUT2D eigenvalue weighted by molar-refractivity contribution is 5.95. The average Bonchev–Trinajstić information content (AvgIpc) is 2.59. The minimum atomic E-state index is -0.128. The van der Waals surface area contributed by atoms with Crippen LogP contribution in [0.3, 0.4) is 0 Å². The van der Waals surface area contributed by atoms with Gasteiger partial charge < -0.3 is 20.1 Å². The number of hydrogen-bond donors (Lipinski definition) is 2. The highest BCUT2D eigenvalue weighted by atomic mass is 16.5. The number of nitrogens with one attached hydrogen (secondary N) is 2. The Morgan fingerprint density at radius 1 is 1.04 bits per heavy atom. The molecule has 5 heteroatoms. The number of anilines is 2. The van der Waals surface area contributed by atoms with E-state index >= 15 is 0 Å². The summed E-state index contributed by atoms with van der Waals surface area (Å²) in [6, 6.07) is 15.3. The van der Waals surface area contributed by atoms with E-state index in [0.717, 1.165) is 5.69 Å². The largest absolute Gasteiger partial charge is 0.489 e. The maximum Gasteiger partial charge on any atom is 0.243 e. The van der Waals surface area contributed by atoms with Gasteiger partial charge in [-0.2, -0.15) is 0 Å². The number of para-hydroxylation sites is 2. The lowest BCUT2D eigenvalue weighted by molar-refractivity contribution is -0.114. The molecule has 0 atom stereocenters. The third kappa shape index (κ3) is 5.93. The first-order valence-corrected chi connectivity index (χ1v) is 8.09. The molecule has 24 heavy (non-hydrogen) atoms. The van der Waals surface area contributed by atoms with E-state index in [1.165, 1.54) is 5.56 Å². The van der Waals surface area contributed by atoms with Crippen molar-refractivity contribution in [2.24, 2.45) is 0 Å². The van der Waals surface area contributed by atoms with Crippen molar-refractivity contribution in [3.8, 4) is 5.75 Å². The zero-order chi connectivity index (χ0) is 17.2. The topological polar surface area (TPSA) is 59.6 Å². The van der Waals surface area contributed by atoms with Crippen LogP contribution in [0, 0.1) is 6.92 Å². The number of benzene rings is 2. The molecule has 2 aromatic rings. The predicted octanol–water partition coefficient (Wildman–Crippen LogP) is 3.46. The number of rotatable bonds is 9. The van der Waals surface area contributed by atoms with Crippen LogP contribution in [0.5, 0.6) is 5.75 Å². The van der Waals surface area contributed by atoms with Crippen LogP contribution in [-0.2, 0) is 9.53 Å². The summed E-state index contributed by atoms with van der Waals surface area (Å²) in [7, 11) is 0. The number of carbonyl (C=O) groups excluding carboxylic acids is 1. The Hall–Kier alpha value is -2.53. The first kappa shape index (κ1) is 17.8. The van der Waals surface area contributed by atoms with Crippen LogP contribution in [0.1, 0.15) is 12.5 Å². The van der Waals surface area contributed by atoms with Gasteiger partial charge in [0.1, 0.15) is 12.4 Å². The van der Waals surface area contributed by atoms with E-state index in [9.17, 15) is 4.79 Å². The summed E-state index contributed by atoms with van der Waals surface area (Å²) in [6.45, 7) is 5.78. The van der Waals surface area contributed by atoms with Crippen LogP contribution in [0.25, 0.3) is 0 Å². The van der Waals surface area contributed by atoms with Crippen molar-refractivity contribution in [3.63, 3.8) is 0 Å². The van der Waals surface area contributed by atoms with Gasteiger partial charge in [0.25, 0.3) is 0 Å². The Balaban J connectivity index is 1.85. The summed E-state index contributed by atoms with van der Waals surface area (Å²) in [6.07, 6.45) is 0. The zero-order valence-electron chi connectivity index (χ0n) is 14.2. The maximum absolute atomic E-state index is 12.1. The Bertz CT molecular complexity index is 641. The van der Waals surface area contributed by atoms with Crippen LogP contribution in [0.4, 0.5) is 11.4 Å². The van der Waals surface area contributed by atoms with Crippen LogP contribution in [-0.4, -0.2) is 32.3 Å². The van der Waals surface area contributed by atoms with Crippen molar-refractivity contribution >= 4 is 17.3 Å². The van der Waals surface area contributed by atoms with Gasteiger partial charge in [-0.3, -0.25) is 4.79 Å². The number of hydrogen-bond acceptors (Lipinski definition) is 4. The summed E-state index contributed by atoms with van der Waals surface area (Å²) >= 11 is 0. The molecule has 5 nitrogen and oxygen atoms in total. The van der Waals surface area contributed by atoms with Crippen molar-refractivity contribution in [1.82, 2.24) is 0 Å². The number of ether oxygens (including phenoxy) is 2. The second kappa shape index (κ2) is 9.57. The second-order valence-corrected chi connectivity index (χ2v) is 5.31. The maximum atomic E-state index is 12.1. The van der Waals surface area contributed by atoms with Crippen LogP contribution < -0.4 is 15.4 Å². The lowest BCUT2D eigenvalue weighted by Gasteiger charge is -2.13. The van der Waals surface area contributed by atoms with E-state index in [1.807, 2.05) is 62.4 Å². The molecular formula is C19H24N2O3. The molecule has 0 saturated carbocycles. The second-order valence-electron chi connectivity index (χ2n) is 5.31. The van der Waals surface area contributed by atoms with Crippen molar-refractivity contribution in [2.45, 2.75) is 13.8 Å². The highest BCUT2D eigenvalue weighted by Gasteiger charge is 2.07. The van der Waals surface area contributed by atoms with Gasteiger partial charge in [0.05, 0.1) is 18.8 Å². The molecule has 0 aliphatic heterocycles. The first-order valence-electron chi connectivity index (χ1n) is 8.09. The molecule has 0 aliphatic rings. The molecule has 2 N–H and O–H groups in total. The van der Waals surface area contributed by atoms with E-state index in [2.05, 4.69) is 10.6 Å². The zero-order valence-corrected chi connectivity index (χ0v) is 14.2. The van der Waals surface area contributed by atoms with Crippen LogP contribution >= 0.6 is 0 Å². The quantitative estimate of drug-likeness (QED) is 0.692. The Morgan fingerprint density at radius 2 is 1.79 bits per heavy atom. The predicted molar refractivity (Wildman–Crippen MR) is 96.7 cm³/mol. The normalized spacial score (nSPS) is 10.2. The van der Waals surface area contributed by atoms with Crippen molar-refractivity contribution in [3.05, 3.63) is 54.1 Å². The van der Waals surface area contributed by atoms with Crippen molar-refractivity contribution in [2.75, 3.05) is 37.0 Å². The van der Waals surface area contributed by atoms with Crippen molar-refractivity contribution < 1.29 is 14.3 Å². The van der Waals surface area contributed by atoms with Gasteiger partial charge in [0.15, 0.2) is 0 Å². The Morgan fingerprint density at radius 3 is 2.54 bits per heavy atom. The molecule has 0 spiro atoms. The van der Waals surface area contributed by atoms with Gasteiger partial charge in [-0.1, -0.05) is 29.8 Å². The first-order chi connectivity index (χ1) is 11.7. The molecule has 0 aromatic heterocycles. The molecule has 128 valence electrons. The molecule has 0 fully saturated rings. The molecular weight excluding hydrogens is 304 g/mol. The van der Waals surface area contributed by atoms with Crippen molar-refractivity contribution in [1.29, 1.82) is 0 Å². The SMILES string of the molecule is CCOCCOc1ccccc1NC(=O)CNc1ccc(C)cc1. The summed E-state index contributed by atoms with van der Waals surface area (Å²) < 4.78 is 10.9. The van der Waals surface area contributed by atoms with Gasteiger partial charge >= 0.3 is 0 Å². The van der Waals surface area contributed by atoms with E-state index in [0.29, 0.717) is 31.3 Å². The average molecular weight is 328 g/mol. The van der Waals surface area contributed by atoms with Gasteiger partial charge in [0, 0.05) is 12.3 Å². The van der Waals surface area contributed by atoms with Gasteiger partial charge in [-0.15, -0.1) is 0 Å². The number of carbonyl (C=O) groups is 1. The smallest absolute Gasteiger partial charge is 0.243 e. The minimum absolute atomic E-state index is 0.128. The lowest BCUT2D eigenvalue weighted by atomic mass is 10.2. The van der Waals surface area contributed by atoms with E-state index in [1.54, 1.807) is 0 Å². The molecule has 0 aliphatic carbocycles. The molecule has 0 unspecified atom stereocenters. The fourth-order valence-electron chi connectivity index (χ4n) is 2.10. The van der Waals surface area contributed by atoms with E-state index in [4.69, 9.17) is 9.47 Å². The van der Waals surface area contributed by atoms with Gasteiger partial charge in [0.2, 0.25) is 5.91 Å². The molecule has 0 radical (unpaired) electrons.